The average Bonchev–Trinajstić information content (AvgIpc) is 3.31. The zero-order chi connectivity index (χ0) is 24.0. The van der Waals surface area contributed by atoms with E-state index in [0.717, 1.165) is 52.9 Å². The molecule has 3 heterocycles. The highest BCUT2D eigenvalue weighted by Gasteiger charge is 2.53. The third kappa shape index (κ3) is 2.99. The Morgan fingerprint density at radius 1 is 1.00 bits per heavy atom. The van der Waals surface area contributed by atoms with Crippen LogP contribution in [0.4, 0.5) is 5.69 Å². The van der Waals surface area contributed by atoms with Crippen molar-refractivity contribution in [3.05, 3.63) is 94.4 Å². The predicted octanol–water partition coefficient (Wildman–Crippen LogP) is 5.98. The summed E-state index contributed by atoms with van der Waals surface area (Å²) in [6.07, 6.45) is 1.75. The van der Waals surface area contributed by atoms with E-state index in [2.05, 4.69) is 80.5 Å². The molecule has 0 radical (unpaired) electrons. The summed E-state index contributed by atoms with van der Waals surface area (Å²) in [6.45, 7) is 13.4. The molecule has 1 atom stereocenters. The largest absolute Gasteiger partial charge is 0.439 e. The van der Waals surface area contributed by atoms with Crippen LogP contribution < -0.4 is 4.90 Å². The molecular formula is C29H31N3O2. The number of hydrogen-bond acceptors (Lipinski definition) is 4. The number of aryl methyl sites for hydroxylation is 2. The normalized spacial score (nSPS) is 17.1. The van der Waals surface area contributed by atoms with E-state index in [4.69, 9.17) is 9.72 Å². The van der Waals surface area contributed by atoms with Gasteiger partial charge in [0.2, 0.25) is 5.60 Å². The monoisotopic (exact) mass is 453 g/mol. The maximum atomic E-state index is 13.3. The van der Waals surface area contributed by atoms with Crippen molar-refractivity contribution in [3.8, 4) is 0 Å². The first-order valence-corrected chi connectivity index (χ1v) is 12.1. The first-order chi connectivity index (χ1) is 16.5. The highest BCUT2D eigenvalue weighted by Crippen LogP contribution is 2.51. The predicted molar refractivity (Wildman–Crippen MR) is 137 cm³/mol. The average molecular weight is 454 g/mol. The second-order valence-corrected chi connectivity index (χ2v) is 8.86. The maximum Gasteiger partial charge on any atom is 0.341 e. The number of para-hydroxylation sites is 1. The van der Waals surface area contributed by atoms with Gasteiger partial charge in [0.1, 0.15) is 5.69 Å². The fourth-order valence-corrected chi connectivity index (χ4v) is 5.69. The van der Waals surface area contributed by atoms with E-state index >= 15 is 0 Å². The van der Waals surface area contributed by atoms with Gasteiger partial charge in [0.15, 0.2) is 0 Å². The molecule has 0 aliphatic carbocycles. The lowest BCUT2D eigenvalue weighted by atomic mass is 9.79. The van der Waals surface area contributed by atoms with E-state index in [1.165, 1.54) is 5.69 Å². The number of carbonyl (C=O) groups excluding carboxylic acids is 1. The first-order valence-electron chi connectivity index (χ1n) is 12.1. The fourth-order valence-electron chi connectivity index (χ4n) is 5.69. The second kappa shape index (κ2) is 8.32. The van der Waals surface area contributed by atoms with Crippen molar-refractivity contribution in [2.24, 2.45) is 0 Å². The molecule has 174 valence electrons. The van der Waals surface area contributed by atoms with Crippen molar-refractivity contribution in [3.63, 3.8) is 0 Å². The van der Waals surface area contributed by atoms with Gasteiger partial charge in [-0.25, -0.2) is 4.79 Å². The van der Waals surface area contributed by atoms with Crippen molar-refractivity contribution in [2.45, 2.75) is 46.8 Å². The Bertz CT molecular complexity index is 1400. The SMILES string of the molecule is CCN(CC)c1ccc([C@]2(c3c(C)n(CC)c4ccccc34)OC(=O)c3cccnc32)c(C)c1. The fraction of sp³-hybridized carbons (Fsp3) is 0.310. The number of anilines is 1. The van der Waals surface area contributed by atoms with E-state index in [9.17, 15) is 4.79 Å². The lowest BCUT2D eigenvalue weighted by Gasteiger charge is -2.32. The van der Waals surface area contributed by atoms with Crippen LogP contribution in [0.2, 0.25) is 0 Å². The summed E-state index contributed by atoms with van der Waals surface area (Å²) in [5, 5.41) is 1.08. The molecule has 0 saturated heterocycles. The summed E-state index contributed by atoms with van der Waals surface area (Å²) in [4.78, 5) is 20.3. The number of esters is 1. The smallest absolute Gasteiger partial charge is 0.341 e. The molecule has 2 aromatic carbocycles. The van der Waals surface area contributed by atoms with Crippen molar-refractivity contribution in [1.29, 1.82) is 0 Å². The lowest BCUT2D eigenvalue weighted by Crippen LogP contribution is -2.32. The van der Waals surface area contributed by atoms with E-state index < -0.39 is 5.60 Å². The van der Waals surface area contributed by atoms with Gasteiger partial charge in [-0.3, -0.25) is 4.98 Å². The molecule has 0 unspecified atom stereocenters. The van der Waals surface area contributed by atoms with Gasteiger partial charge in [0.25, 0.3) is 0 Å². The Labute approximate surface area is 201 Å². The zero-order valence-electron chi connectivity index (χ0n) is 20.6. The van der Waals surface area contributed by atoms with Crippen LogP contribution >= 0.6 is 0 Å². The van der Waals surface area contributed by atoms with Gasteiger partial charge in [0, 0.05) is 59.2 Å². The number of cyclic esters (lactones) is 1. The van der Waals surface area contributed by atoms with Crippen LogP contribution in [0.5, 0.6) is 0 Å². The molecule has 4 aromatic rings. The summed E-state index contributed by atoms with van der Waals surface area (Å²) in [6, 6.07) is 18.4. The van der Waals surface area contributed by atoms with Crippen LogP contribution in [-0.4, -0.2) is 28.6 Å². The third-order valence-corrected chi connectivity index (χ3v) is 7.22. The number of rotatable bonds is 6. The Morgan fingerprint density at radius 3 is 2.47 bits per heavy atom. The first kappa shape index (κ1) is 22.2. The van der Waals surface area contributed by atoms with E-state index in [1.54, 1.807) is 12.3 Å². The Hall–Kier alpha value is -3.60. The zero-order valence-corrected chi connectivity index (χ0v) is 20.6. The molecule has 0 N–H and O–H groups in total. The van der Waals surface area contributed by atoms with Gasteiger partial charge in [-0.2, -0.15) is 0 Å². The summed E-state index contributed by atoms with van der Waals surface area (Å²) in [7, 11) is 0. The van der Waals surface area contributed by atoms with Crippen LogP contribution in [0.1, 0.15) is 59.2 Å². The van der Waals surface area contributed by atoms with Crippen LogP contribution in [0.25, 0.3) is 10.9 Å². The summed E-state index contributed by atoms with van der Waals surface area (Å²) >= 11 is 0. The number of carbonyl (C=O) groups is 1. The minimum Gasteiger partial charge on any atom is -0.439 e. The van der Waals surface area contributed by atoms with Crippen molar-refractivity contribution >= 4 is 22.6 Å². The second-order valence-electron chi connectivity index (χ2n) is 8.86. The number of benzene rings is 2. The van der Waals surface area contributed by atoms with Crippen molar-refractivity contribution in [1.82, 2.24) is 9.55 Å². The van der Waals surface area contributed by atoms with Crippen LogP contribution in [0.15, 0.2) is 60.8 Å². The molecule has 34 heavy (non-hydrogen) atoms. The molecule has 1 aliphatic rings. The minimum absolute atomic E-state index is 0.331. The number of ether oxygens (including phenoxy) is 1. The number of fused-ring (bicyclic) bond motifs is 2. The third-order valence-electron chi connectivity index (χ3n) is 7.22. The van der Waals surface area contributed by atoms with Gasteiger partial charge in [-0.15, -0.1) is 0 Å². The number of pyridine rings is 1. The standard InChI is InChI=1S/C29H31N3O2/c1-6-31(7-2)21-15-16-24(19(4)18-21)29(27-23(28(33)34-29)13-11-17-30-27)26-20(5)32(8-3)25-14-10-9-12-22(25)26/h9-18H,6-8H2,1-5H3/t29-/m1/s1. The molecule has 0 bridgehead atoms. The quantitative estimate of drug-likeness (QED) is 0.337. The topological polar surface area (TPSA) is 47.4 Å². The molecule has 0 spiro atoms. The highest BCUT2D eigenvalue weighted by molar-refractivity contribution is 5.98. The summed E-state index contributed by atoms with van der Waals surface area (Å²) in [5.41, 5.74) is 6.50. The van der Waals surface area contributed by atoms with Crippen molar-refractivity contribution in [2.75, 3.05) is 18.0 Å². The van der Waals surface area contributed by atoms with Crippen molar-refractivity contribution < 1.29 is 9.53 Å². The van der Waals surface area contributed by atoms with E-state index in [0.29, 0.717) is 11.3 Å². The van der Waals surface area contributed by atoms with E-state index in [1.807, 2.05) is 12.1 Å². The molecule has 0 saturated carbocycles. The van der Waals surface area contributed by atoms with Crippen LogP contribution in [-0.2, 0) is 16.9 Å². The molecule has 5 rings (SSSR count). The van der Waals surface area contributed by atoms with Crippen LogP contribution in [0, 0.1) is 13.8 Å². The molecule has 2 aromatic heterocycles. The molecule has 5 nitrogen and oxygen atoms in total. The number of nitrogens with zero attached hydrogens (tertiary/aromatic N) is 3. The molecule has 0 amide bonds. The molecule has 0 fully saturated rings. The number of hydrogen-bond donors (Lipinski definition) is 0. The van der Waals surface area contributed by atoms with Gasteiger partial charge in [0.05, 0.1) is 5.56 Å². The van der Waals surface area contributed by atoms with Gasteiger partial charge in [-0.05, 0) is 70.5 Å². The minimum atomic E-state index is -1.11. The van der Waals surface area contributed by atoms with Gasteiger partial charge < -0.3 is 14.2 Å². The lowest BCUT2D eigenvalue weighted by molar-refractivity contribution is 0.0244. The molecule has 5 heteroatoms. The molecular weight excluding hydrogens is 422 g/mol. The van der Waals surface area contributed by atoms with Gasteiger partial charge >= 0.3 is 5.97 Å². The van der Waals surface area contributed by atoms with Crippen LogP contribution in [0.3, 0.4) is 0 Å². The Morgan fingerprint density at radius 2 is 1.76 bits per heavy atom. The Kier molecular flexibility index (Phi) is 5.43. The molecule has 1 aliphatic heterocycles. The highest BCUT2D eigenvalue weighted by atomic mass is 16.6. The number of aromatic nitrogens is 2. The maximum absolute atomic E-state index is 13.3. The summed E-state index contributed by atoms with van der Waals surface area (Å²) < 4.78 is 8.74. The van der Waals surface area contributed by atoms with Gasteiger partial charge in [-0.1, -0.05) is 24.3 Å². The van der Waals surface area contributed by atoms with E-state index in [-0.39, 0.29) is 5.97 Å². The Balaban J connectivity index is 1.88. The summed E-state index contributed by atoms with van der Waals surface area (Å²) in [5.74, 6) is -0.331.